The van der Waals surface area contributed by atoms with Crippen LogP contribution in [0.4, 0.5) is 0 Å². The van der Waals surface area contributed by atoms with Gasteiger partial charge in [-0.3, -0.25) is 4.90 Å². The molecule has 19 heavy (non-hydrogen) atoms. The maximum atomic E-state index is 6.05. The number of ether oxygens (including phenoxy) is 1. The maximum absolute atomic E-state index is 6.05. The maximum Gasteiger partial charge on any atom is 0.176 e. The molecule has 0 radical (unpaired) electrons. The largest absolute Gasteiger partial charge is 0.493 e. The fraction of sp³-hybridized carbons (Fsp3) is 0.467. The quantitative estimate of drug-likeness (QED) is 0.900. The summed E-state index contributed by atoms with van der Waals surface area (Å²) in [5.74, 6) is 1.81. The van der Waals surface area contributed by atoms with Gasteiger partial charge in [-0.1, -0.05) is 12.1 Å². The minimum atomic E-state index is 0.291. The summed E-state index contributed by atoms with van der Waals surface area (Å²) >= 11 is 0. The van der Waals surface area contributed by atoms with Crippen molar-refractivity contribution >= 4 is 11.0 Å². The number of hydrogen-bond donors (Lipinski definition) is 1. The molecule has 0 spiro atoms. The molecule has 4 heteroatoms. The lowest BCUT2D eigenvalue weighted by molar-refractivity contribution is 0.232. The third-order valence-corrected chi connectivity index (χ3v) is 3.81. The number of benzene rings is 1. The predicted molar refractivity (Wildman–Crippen MR) is 75.6 cm³/mol. The topological polar surface area (TPSA) is 37.6 Å². The van der Waals surface area contributed by atoms with Crippen LogP contribution in [-0.2, 0) is 0 Å². The van der Waals surface area contributed by atoms with Crippen molar-refractivity contribution in [2.75, 3.05) is 33.8 Å². The lowest BCUT2D eigenvalue weighted by Crippen LogP contribution is -2.29. The van der Waals surface area contributed by atoms with Crippen molar-refractivity contribution in [3.63, 3.8) is 0 Å². The van der Waals surface area contributed by atoms with E-state index in [9.17, 15) is 0 Å². The Bertz CT molecular complexity index is 564. The standard InChI is InChI=1S/C15H20N2O2/c1-17-8-4-7-16-10-12(17)14-9-11-5-3-6-13(18-2)15(11)19-14/h3,5-6,9,12,16H,4,7-8,10H2,1-2H3. The van der Waals surface area contributed by atoms with Gasteiger partial charge in [0.2, 0.25) is 0 Å². The molecule has 1 N–H and O–H groups in total. The highest BCUT2D eigenvalue weighted by Crippen LogP contribution is 2.32. The number of likely N-dealkylation sites (N-methyl/N-ethyl adjacent to an activating group) is 1. The Kier molecular flexibility index (Phi) is 3.44. The molecule has 2 heterocycles. The van der Waals surface area contributed by atoms with Crippen molar-refractivity contribution in [2.45, 2.75) is 12.5 Å². The van der Waals surface area contributed by atoms with Crippen molar-refractivity contribution < 1.29 is 9.15 Å². The SMILES string of the molecule is COc1cccc2cc(C3CNCCCN3C)oc12. The van der Waals surface area contributed by atoms with E-state index in [0.717, 1.165) is 42.1 Å². The molecule has 0 bridgehead atoms. The van der Waals surface area contributed by atoms with E-state index in [1.165, 1.54) is 6.42 Å². The molecule has 102 valence electrons. The van der Waals surface area contributed by atoms with Crippen LogP contribution in [0.1, 0.15) is 18.2 Å². The normalized spacial score (nSPS) is 21.5. The first-order valence-corrected chi connectivity index (χ1v) is 6.77. The van der Waals surface area contributed by atoms with E-state index < -0.39 is 0 Å². The van der Waals surface area contributed by atoms with Gasteiger partial charge in [-0.15, -0.1) is 0 Å². The van der Waals surface area contributed by atoms with E-state index in [0.29, 0.717) is 6.04 Å². The van der Waals surface area contributed by atoms with Crippen molar-refractivity contribution in [1.29, 1.82) is 0 Å². The molecule has 4 nitrogen and oxygen atoms in total. The van der Waals surface area contributed by atoms with E-state index >= 15 is 0 Å². The number of fused-ring (bicyclic) bond motifs is 1. The highest BCUT2D eigenvalue weighted by molar-refractivity contribution is 5.83. The molecule has 1 aliphatic heterocycles. The van der Waals surface area contributed by atoms with Crippen molar-refractivity contribution in [2.24, 2.45) is 0 Å². The van der Waals surface area contributed by atoms with Crippen molar-refractivity contribution in [3.05, 3.63) is 30.0 Å². The zero-order valence-corrected chi connectivity index (χ0v) is 11.5. The monoisotopic (exact) mass is 260 g/mol. The predicted octanol–water partition coefficient (Wildman–Crippen LogP) is 2.41. The Morgan fingerprint density at radius 2 is 2.32 bits per heavy atom. The van der Waals surface area contributed by atoms with Crippen LogP contribution >= 0.6 is 0 Å². The molecule has 1 aliphatic rings. The second kappa shape index (κ2) is 5.23. The van der Waals surface area contributed by atoms with Gasteiger partial charge in [0.05, 0.1) is 13.2 Å². The Labute approximate surface area is 113 Å². The Hall–Kier alpha value is -1.52. The van der Waals surface area contributed by atoms with Crippen LogP contribution in [-0.4, -0.2) is 38.7 Å². The summed E-state index contributed by atoms with van der Waals surface area (Å²) in [6.07, 6.45) is 1.18. The molecule has 1 aromatic carbocycles. The molecule has 1 aromatic heterocycles. The number of rotatable bonds is 2. The van der Waals surface area contributed by atoms with Crippen LogP contribution in [0, 0.1) is 0 Å². The number of nitrogens with one attached hydrogen (secondary N) is 1. The van der Waals surface area contributed by atoms with Gasteiger partial charge in [0.25, 0.3) is 0 Å². The molecule has 1 fully saturated rings. The summed E-state index contributed by atoms with van der Waals surface area (Å²) in [6, 6.07) is 8.42. The first-order chi connectivity index (χ1) is 9.29. The lowest BCUT2D eigenvalue weighted by atomic mass is 10.1. The molecule has 2 aromatic rings. The van der Waals surface area contributed by atoms with E-state index in [1.54, 1.807) is 7.11 Å². The molecule has 0 amide bonds. The van der Waals surface area contributed by atoms with E-state index in [-0.39, 0.29) is 0 Å². The minimum Gasteiger partial charge on any atom is -0.493 e. The summed E-state index contributed by atoms with van der Waals surface area (Å²) in [6.45, 7) is 3.09. The Balaban J connectivity index is 2.00. The summed E-state index contributed by atoms with van der Waals surface area (Å²) in [5.41, 5.74) is 0.845. The molecule has 0 aliphatic carbocycles. The van der Waals surface area contributed by atoms with Gasteiger partial charge in [-0.05, 0) is 38.7 Å². The van der Waals surface area contributed by atoms with E-state index in [4.69, 9.17) is 9.15 Å². The third-order valence-electron chi connectivity index (χ3n) is 3.81. The third kappa shape index (κ3) is 2.33. The van der Waals surface area contributed by atoms with Gasteiger partial charge in [0.15, 0.2) is 11.3 Å². The second-order valence-electron chi connectivity index (χ2n) is 5.08. The first kappa shape index (κ1) is 12.5. The summed E-state index contributed by atoms with van der Waals surface area (Å²) in [5, 5.41) is 4.57. The van der Waals surface area contributed by atoms with Crippen LogP contribution in [0.15, 0.2) is 28.7 Å². The number of furan rings is 1. The Morgan fingerprint density at radius 1 is 1.42 bits per heavy atom. The smallest absolute Gasteiger partial charge is 0.176 e. The highest BCUT2D eigenvalue weighted by atomic mass is 16.5. The molecule has 0 saturated carbocycles. The van der Waals surface area contributed by atoms with Crippen LogP contribution in [0.25, 0.3) is 11.0 Å². The van der Waals surface area contributed by atoms with Crippen LogP contribution in [0.3, 0.4) is 0 Å². The summed E-state index contributed by atoms with van der Waals surface area (Å²) < 4.78 is 11.4. The zero-order valence-electron chi connectivity index (χ0n) is 11.5. The van der Waals surface area contributed by atoms with E-state index in [2.05, 4.69) is 29.4 Å². The first-order valence-electron chi connectivity index (χ1n) is 6.77. The Morgan fingerprint density at radius 3 is 3.16 bits per heavy atom. The second-order valence-corrected chi connectivity index (χ2v) is 5.08. The number of nitrogens with zero attached hydrogens (tertiary/aromatic N) is 1. The average Bonchev–Trinajstić information content (AvgIpc) is 2.74. The highest BCUT2D eigenvalue weighted by Gasteiger charge is 2.23. The van der Waals surface area contributed by atoms with Gasteiger partial charge in [0, 0.05) is 11.9 Å². The zero-order chi connectivity index (χ0) is 13.2. The van der Waals surface area contributed by atoms with Crippen LogP contribution in [0.5, 0.6) is 5.75 Å². The minimum absolute atomic E-state index is 0.291. The van der Waals surface area contributed by atoms with Crippen molar-refractivity contribution in [3.8, 4) is 5.75 Å². The number of methoxy groups -OCH3 is 1. The summed E-state index contributed by atoms with van der Waals surface area (Å²) in [7, 11) is 3.83. The molecule has 1 atom stereocenters. The lowest BCUT2D eigenvalue weighted by Gasteiger charge is -2.23. The molecule has 3 rings (SSSR count). The van der Waals surface area contributed by atoms with Gasteiger partial charge in [0.1, 0.15) is 5.76 Å². The van der Waals surface area contributed by atoms with Crippen LogP contribution < -0.4 is 10.1 Å². The van der Waals surface area contributed by atoms with Gasteiger partial charge in [-0.2, -0.15) is 0 Å². The fourth-order valence-corrected chi connectivity index (χ4v) is 2.70. The van der Waals surface area contributed by atoms with E-state index in [1.807, 2.05) is 12.1 Å². The number of hydrogen-bond acceptors (Lipinski definition) is 4. The molecular weight excluding hydrogens is 240 g/mol. The number of para-hydroxylation sites is 1. The van der Waals surface area contributed by atoms with Crippen molar-refractivity contribution in [1.82, 2.24) is 10.2 Å². The van der Waals surface area contributed by atoms with Gasteiger partial charge < -0.3 is 14.5 Å². The average molecular weight is 260 g/mol. The molecule has 1 unspecified atom stereocenters. The molecular formula is C15H20N2O2. The fourth-order valence-electron chi connectivity index (χ4n) is 2.70. The molecule has 1 saturated heterocycles. The van der Waals surface area contributed by atoms with Crippen LogP contribution in [0.2, 0.25) is 0 Å². The van der Waals surface area contributed by atoms with Gasteiger partial charge in [-0.25, -0.2) is 0 Å². The summed E-state index contributed by atoms with van der Waals surface area (Å²) in [4.78, 5) is 2.35. The van der Waals surface area contributed by atoms with Gasteiger partial charge >= 0.3 is 0 Å².